The first-order valence-electron chi connectivity index (χ1n) is 6.40. The zero-order valence-electron chi connectivity index (χ0n) is 11.7. The number of H-pyrrole nitrogens is 1. The second kappa shape index (κ2) is 5.24. The number of rotatable bonds is 4. The van der Waals surface area contributed by atoms with Crippen molar-refractivity contribution in [1.29, 1.82) is 0 Å². The van der Waals surface area contributed by atoms with Crippen molar-refractivity contribution in [2.45, 2.75) is 26.8 Å². The highest BCUT2D eigenvalue weighted by Gasteiger charge is 2.14. The lowest BCUT2D eigenvalue weighted by atomic mass is 10.3. The molecule has 20 heavy (non-hydrogen) atoms. The standard InChI is InChI=1S/C12H18N6O2/c1-4-7-8(6-17(3)16-7)14-9-10(13)18(5-2)12(20)15-11(9)19/h6,14H,4-5,13H2,1-3H3,(H,15,19,20). The number of anilines is 3. The number of nitrogen functional groups attached to an aromatic ring is 1. The van der Waals surface area contributed by atoms with E-state index in [1.165, 1.54) is 4.57 Å². The summed E-state index contributed by atoms with van der Waals surface area (Å²) < 4.78 is 2.95. The maximum absolute atomic E-state index is 11.9. The fraction of sp³-hybridized carbons (Fsp3) is 0.417. The Morgan fingerprint density at radius 2 is 2.10 bits per heavy atom. The third-order valence-electron chi connectivity index (χ3n) is 3.06. The number of aromatic nitrogens is 4. The predicted molar refractivity (Wildman–Crippen MR) is 77.3 cm³/mol. The van der Waals surface area contributed by atoms with Crippen LogP contribution in [0.1, 0.15) is 19.5 Å². The minimum Gasteiger partial charge on any atom is -0.383 e. The van der Waals surface area contributed by atoms with Crippen molar-refractivity contribution in [3.8, 4) is 0 Å². The van der Waals surface area contributed by atoms with Crippen LogP contribution in [0.5, 0.6) is 0 Å². The molecule has 2 aromatic rings. The first kappa shape index (κ1) is 13.9. The molecule has 0 fully saturated rings. The number of nitrogens with one attached hydrogen (secondary N) is 2. The number of nitrogens with zero attached hydrogens (tertiary/aromatic N) is 3. The Morgan fingerprint density at radius 1 is 1.40 bits per heavy atom. The van der Waals surface area contributed by atoms with Crippen LogP contribution < -0.4 is 22.3 Å². The molecule has 0 saturated heterocycles. The van der Waals surface area contributed by atoms with E-state index in [4.69, 9.17) is 5.73 Å². The fourth-order valence-corrected chi connectivity index (χ4v) is 2.06. The van der Waals surface area contributed by atoms with E-state index < -0.39 is 11.2 Å². The van der Waals surface area contributed by atoms with Crippen molar-refractivity contribution in [3.05, 3.63) is 32.7 Å². The molecule has 0 saturated carbocycles. The Labute approximate surface area is 115 Å². The first-order chi connectivity index (χ1) is 9.47. The summed E-state index contributed by atoms with van der Waals surface area (Å²) in [5.74, 6) is 0.118. The van der Waals surface area contributed by atoms with Gasteiger partial charge in [-0.05, 0) is 13.3 Å². The molecular weight excluding hydrogens is 260 g/mol. The molecule has 0 spiro atoms. The minimum atomic E-state index is -0.539. The summed E-state index contributed by atoms with van der Waals surface area (Å²) in [4.78, 5) is 25.8. The summed E-state index contributed by atoms with van der Waals surface area (Å²) in [6.45, 7) is 4.12. The maximum atomic E-state index is 11.9. The second-order valence-electron chi connectivity index (χ2n) is 4.41. The summed E-state index contributed by atoms with van der Waals surface area (Å²) in [6.07, 6.45) is 2.48. The van der Waals surface area contributed by atoms with Crippen LogP contribution in [0.25, 0.3) is 0 Å². The summed E-state index contributed by atoms with van der Waals surface area (Å²) >= 11 is 0. The van der Waals surface area contributed by atoms with Crippen molar-refractivity contribution in [2.24, 2.45) is 7.05 Å². The summed E-state index contributed by atoms with van der Waals surface area (Å²) in [5.41, 5.74) is 6.53. The molecule has 0 atom stereocenters. The molecule has 2 aromatic heterocycles. The van der Waals surface area contributed by atoms with Gasteiger partial charge in [0.25, 0.3) is 5.56 Å². The molecule has 0 aromatic carbocycles. The molecule has 0 aliphatic carbocycles. The molecule has 8 heteroatoms. The molecule has 4 N–H and O–H groups in total. The Balaban J connectivity index is 2.54. The van der Waals surface area contributed by atoms with Gasteiger partial charge in [-0.3, -0.25) is 19.0 Å². The highest BCUT2D eigenvalue weighted by molar-refractivity contribution is 5.69. The average molecular weight is 278 g/mol. The largest absolute Gasteiger partial charge is 0.383 e. The number of hydrogen-bond donors (Lipinski definition) is 3. The van der Waals surface area contributed by atoms with Gasteiger partial charge in [-0.15, -0.1) is 0 Å². The van der Waals surface area contributed by atoms with Gasteiger partial charge in [0, 0.05) is 19.8 Å². The SMILES string of the molecule is CCc1nn(C)cc1Nc1c(N)n(CC)c(=O)[nH]c1=O. The van der Waals surface area contributed by atoms with E-state index in [-0.39, 0.29) is 11.5 Å². The summed E-state index contributed by atoms with van der Waals surface area (Å²) in [6, 6.07) is 0. The van der Waals surface area contributed by atoms with Gasteiger partial charge in [-0.1, -0.05) is 6.92 Å². The number of hydrogen-bond acceptors (Lipinski definition) is 5. The number of aryl methyl sites for hydroxylation is 2. The highest BCUT2D eigenvalue weighted by Crippen LogP contribution is 2.21. The Morgan fingerprint density at radius 3 is 2.70 bits per heavy atom. The monoisotopic (exact) mass is 278 g/mol. The smallest absolute Gasteiger partial charge is 0.330 e. The van der Waals surface area contributed by atoms with Crippen molar-refractivity contribution in [2.75, 3.05) is 11.1 Å². The predicted octanol–water partition coefficient (Wildman–Crippen LogP) is 0.178. The molecule has 0 unspecified atom stereocenters. The number of aromatic amines is 1. The van der Waals surface area contributed by atoms with E-state index in [1.54, 1.807) is 24.9 Å². The van der Waals surface area contributed by atoms with E-state index >= 15 is 0 Å². The molecule has 0 bridgehead atoms. The van der Waals surface area contributed by atoms with Gasteiger partial charge in [-0.25, -0.2) is 4.79 Å². The van der Waals surface area contributed by atoms with Gasteiger partial charge in [0.1, 0.15) is 11.5 Å². The third kappa shape index (κ3) is 2.31. The number of nitrogens with two attached hydrogens (primary N) is 1. The molecule has 0 amide bonds. The molecule has 0 aliphatic rings. The minimum absolute atomic E-state index is 0.118. The van der Waals surface area contributed by atoms with Crippen LogP contribution in [0.15, 0.2) is 15.8 Å². The molecule has 2 heterocycles. The van der Waals surface area contributed by atoms with Gasteiger partial charge < -0.3 is 11.1 Å². The maximum Gasteiger partial charge on any atom is 0.330 e. The van der Waals surface area contributed by atoms with Crippen molar-refractivity contribution < 1.29 is 0 Å². The van der Waals surface area contributed by atoms with Crippen LogP contribution in [0, 0.1) is 0 Å². The molecule has 0 aliphatic heterocycles. The third-order valence-corrected chi connectivity index (χ3v) is 3.06. The average Bonchev–Trinajstić information content (AvgIpc) is 2.75. The normalized spacial score (nSPS) is 10.8. The lowest BCUT2D eigenvalue weighted by Crippen LogP contribution is -2.33. The summed E-state index contributed by atoms with van der Waals surface area (Å²) in [5, 5.41) is 7.25. The van der Waals surface area contributed by atoms with Crippen molar-refractivity contribution >= 4 is 17.2 Å². The van der Waals surface area contributed by atoms with Crippen LogP contribution in [0.3, 0.4) is 0 Å². The van der Waals surface area contributed by atoms with E-state index in [0.717, 1.165) is 5.69 Å². The second-order valence-corrected chi connectivity index (χ2v) is 4.41. The van der Waals surface area contributed by atoms with E-state index in [1.807, 2.05) is 6.92 Å². The quantitative estimate of drug-likeness (QED) is 0.738. The van der Waals surface area contributed by atoms with E-state index in [0.29, 0.717) is 18.7 Å². The zero-order chi connectivity index (χ0) is 14.9. The summed E-state index contributed by atoms with van der Waals surface area (Å²) in [7, 11) is 1.80. The van der Waals surface area contributed by atoms with Gasteiger partial charge in [0.2, 0.25) is 0 Å². The lowest BCUT2D eigenvalue weighted by molar-refractivity contribution is 0.707. The lowest BCUT2D eigenvalue weighted by Gasteiger charge is -2.12. The van der Waals surface area contributed by atoms with Crippen molar-refractivity contribution in [1.82, 2.24) is 19.3 Å². The van der Waals surface area contributed by atoms with E-state index in [9.17, 15) is 9.59 Å². The molecule has 8 nitrogen and oxygen atoms in total. The van der Waals surface area contributed by atoms with Gasteiger partial charge in [0.05, 0.1) is 11.4 Å². The molecular formula is C12H18N6O2. The molecule has 0 radical (unpaired) electrons. The van der Waals surface area contributed by atoms with Crippen LogP contribution in [0.2, 0.25) is 0 Å². The Kier molecular flexibility index (Phi) is 3.64. The highest BCUT2D eigenvalue weighted by atomic mass is 16.2. The Hall–Kier alpha value is -2.51. The van der Waals surface area contributed by atoms with Crippen LogP contribution in [0.4, 0.5) is 17.2 Å². The zero-order valence-corrected chi connectivity index (χ0v) is 11.7. The Bertz CT molecular complexity index is 739. The van der Waals surface area contributed by atoms with Crippen molar-refractivity contribution in [3.63, 3.8) is 0 Å². The van der Waals surface area contributed by atoms with Crippen LogP contribution in [-0.2, 0) is 20.0 Å². The molecule has 108 valence electrons. The van der Waals surface area contributed by atoms with Crippen LogP contribution in [-0.4, -0.2) is 19.3 Å². The van der Waals surface area contributed by atoms with E-state index in [2.05, 4.69) is 15.4 Å². The van der Waals surface area contributed by atoms with Gasteiger partial charge in [-0.2, -0.15) is 5.10 Å². The molecule has 2 rings (SSSR count). The fourth-order valence-electron chi connectivity index (χ4n) is 2.06. The van der Waals surface area contributed by atoms with Gasteiger partial charge >= 0.3 is 5.69 Å². The van der Waals surface area contributed by atoms with Gasteiger partial charge in [0.15, 0.2) is 0 Å². The topological polar surface area (TPSA) is 111 Å². The van der Waals surface area contributed by atoms with Crippen LogP contribution >= 0.6 is 0 Å². The first-order valence-corrected chi connectivity index (χ1v) is 6.40.